The molecule has 2 aliphatic rings. The summed E-state index contributed by atoms with van der Waals surface area (Å²) in [5.41, 5.74) is 0.390. The second-order valence-corrected chi connectivity index (χ2v) is 6.30. The Labute approximate surface area is 141 Å². The number of pyridine rings is 1. The molecule has 4 atom stereocenters. The van der Waals surface area contributed by atoms with E-state index in [-0.39, 0.29) is 30.5 Å². The average Bonchev–Trinajstić information content (AvgIpc) is 2.94. The molecule has 122 valence electrons. The summed E-state index contributed by atoms with van der Waals surface area (Å²) in [4.78, 5) is 16.4. The number of methoxy groups -OCH3 is 1. The van der Waals surface area contributed by atoms with Crippen LogP contribution in [0.25, 0.3) is 0 Å². The lowest BCUT2D eigenvalue weighted by molar-refractivity contribution is 0.0125. The van der Waals surface area contributed by atoms with E-state index < -0.39 is 0 Å². The van der Waals surface area contributed by atoms with Crippen LogP contribution in [0.4, 0.5) is 0 Å². The summed E-state index contributed by atoms with van der Waals surface area (Å²) in [7, 11) is 1.72. The maximum absolute atomic E-state index is 12.3. The Morgan fingerprint density at radius 3 is 2.73 bits per heavy atom. The Morgan fingerprint density at radius 2 is 2.09 bits per heavy atom. The lowest BCUT2D eigenvalue weighted by Gasteiger charge is -2.37. The Kier molecular flexibility index (Phi) is 6.03. The van der Waals surface area contributed by atoms with Gasteiger partial charge in [-0.2, -0.15) is 0 Å². The number of rotatable bonds is 3. The van der Waals surface area contributed by atoms with Gasteiger partial charge in [-0.3, -0.25) is 4.79 Å². The number of nitrogens with one attached hydrogen (secondary N) is 2. The van der Waals surface area contributed by atoms with Gasteiger partial charge >= 0.3 is 0 Å². The van der Waals surface area contributed by atoms with Crippen molar-refractivity contribution in [1.29, 1.82) is 0 Å². The van der Waals surface area contributed by atoms with Crippen LogP contribution < -0.4 is 10.6 Å². The summed E-state index contributed by atoms with van der Waals surface area (Å²) in [6.45, 7) is 2.09. The molecular formula is C15H21Cl2N3O2. The molecule has 3 rings (SSSR count). The number of hydrogen-bond donors (Lipinski definition) is 2. The lowest BCUT2D eigenvalue weighted by atomic mass is 9.77. The zero-order valence-electron chi connectivity index (χ0n) is 12.4. The molecule has 1 aromatic rings. The molecule has 1 saturated heterocycles. The smallest absolute Gasteiger partial charge is 0.270 e. The van der Waals surface area contributed by atoms with Crippen LogP contribution in [0, 0.1) is 11.8 Å². The number of carbonyl (C=O) groups is 1. The first-order valence-corrected chi connectivity index (χ1v) is 7.71. The SMILES string of the molecule is CO[C@H]1C[C@@H]2CNC[C@@H]2C[C@@H]1NC(=O)c1ccc(Cl)cn1.Cl. The first-order valence-electron chi connectivity index (χ1n) is 7.33. The Morgan fingerprint density at radius 1 is 1.36 bits per heavy atom. The third-order valence-electron chi connectivity index (χ3n) is 4.60. The number of fused-ring (bicyclic) bond motifs is 1. The van der Waals surface area contributed by atoms with Gasteiger partial charge in [0.25, 0.3) is 5.91 Å². The molecule has 0 unspecified atom stereocenters. The van der Waals surface area contributed by atoms with Gasteiger partial charge in [-0.25, -0.2) is 4.98 Å². The minimum absolute atomic E-state index is 0. The topological polar surface area (TPSA) is 63.2 Å². The fraction of sp³-hybridized carbons (Fsp3) is 0.600. The summed E-state index contributed by atoms with van der Waals surface area (Å²) in [5.74, 6) is 1.12. The molecule has 0 aromatic carbocycles. The van der Waals surface area contributed by atoms with Gasteiger partial charge in [0.05, 0.1) is 17.2 Å². The minimum atomic E-state index is -0.164. The van der Waals surface area contributed by atoms with Crippen LogP contribution in [0.3, 0.4) is 0 Å². The molecule has 1 saturated carbocycles. The molecule has 0 spiro atoms. The van der Waals surface area contributed by atoms with Crippen LogP contribution >= 0.6 is 24.0 Å². The van der Waals surface area contributed by atoms with Crippen LogP contribution in [0.1, 0.15) is 23.3 Å². The molecular weight excluding hydrogens is 325 g/mol. The highest BCUT2D eigenvalue weighted by Gasteiger charge is 2.40. The fourth-order valence-corrected chi connectivity index (χ4v) is 3.56. The molecule has 0 radical (unpaired) electrons. The fourth-order valence-electron chi connectivity index (χ4n) is 3.44. The van der Waals surface area contributed by atoms with Crippen molar-refractivity contribution in [3.63, 3.8) is 0 Å². The summed E-state index contributed by atoms with van der Waals surface area (Å²) < 4.78 is 5.58. The number of aromatic nitrogens is 1. The van der Waals surface area contributed by atoms with E-state index in [1.807, 2.05) is 0 Å². The summed E-state index contributed by atoms with van der Waals surface area (Å²) in [5, 5.41) is 7.02. The molecule has 7 heteroatoms. The number of halogens is 2. The Hall–Kier alpha value is -0.880. The number of amides is 1. The van der Waals surface area contributed by atoms with Crippen molar-refractivity contribution < 1.29 is 9.53 Å². The highest BCUT2D eigenvalue weighted by Crippen LogP contribution is 2.34. The highest BCUT2D eigenvalue weighted by atomic mass is 35.5. The van der Waals surface area contributed by atoms with Gasteiger partial charge < -0.3 is 15.4 Å². The van der Waals surface area contributed by atoms with E-state index >= 15 is 0 Å². The van der Waals surface area contributed by atoms with Gasteiger partial charge in [0.1, 0.15) is 5.69 Å². The first kappa shape index (κ1) is 17.5. The summed E-state index contributed by atoms with van der Waals surface area (Å²) in [6.07, 6.45) is 3.51. The monoisotopic (exact) mass is 345 g/mol. The van der Waals surface area contributed by atoms with E-state index in [4.69, 9.17) is 16.3 Å². The van der Waals surface area contributed by atoms with Gasteiger partial charge in [-0.05, 0) is 49.9 Å². The first-order chi connectivity index (χ1) is 10.2. The molecule has 0 bridgehead atoms. The minimum Gasteiger partial charge on any atom is -0.379 e. The van der Waals surface area contributed by atoms with Crippen LogP contribution in [-0.2, 0) is 4.74 Å². The van der Waals surface area contributed by atoms with Crippen LogP contribution in [0.2, 0.25) is 5.02 Å². The third kappa shape index (κ3) is 3.71. The number of ether oxygens (including phenoxy) is 1. The predicted molar refractivity (Wildman–Crippen MR) is 87.6 cm³/mol. The highest BCUT2D eigenvalue weighted by molar-refractivity contribution is 6.30. The molecule has 1 aliphatic heterocycles. The lowest BCUT2D eigenvalue weighted by Crippen LogP contribution is -2.50. The molecule has 1 aromatic heterocycles. The van der Waals surface area contributed by atoms with E-state index in [1.165, 1.54) is 6.20 Å². The normalized spacial score (nSPS) is 30.3. The summed E-state index contributed by atoms with van der Waals surface area (Å²) >= 11 is 5.79. The van der Waals surface area contributed by atoms with Crippen molar-refractivity contribution in [3.05, 3.63) is 29.0 Å². The maximum Gasteiger partial charge on any atom is 0.270 e. The molecule has 2 heterocycles. The van der Waals surface area contributed by atoms with Crippen LogP contribution in [-0.4, -0.2) is 43.2 Å². The second-order valence-electron chi connectivity index (χ2n) is 5.87. The van der Waals surface area contributed by atoms with Crippen LogP contribution in [0.15, 0.2) is 18.3 Å². The predicted octanol–water partition coefficient (Wildman–Crippen LogP) is 1.90. The summed E-state index contributed by atoms with van der Waals surface area (Å²) in [6, 6.07) is 3.36. The van der Waals surface area contributed by atoms with E-state index in [0.717, 1.165) is 25.9 Å². The Bertz CT molecular complexity index is 512. The van der Waals surface area contributed by atoms with Gasteiger partial charge in [-0.15, -0.1) is 12.4 Å². The second kappa shape index (κ2) is 7.59. The van der Waals surface area contributed by atoms with Crippen molar-refractivity contribution in [2.24, 2.45) is 11.8 Å². The molecule has 1 aliphatic carbocycles. The van der Waals surface area contributed by atoms with Gasteiger partial charge in [0.2, 0.25) is 0 Å². The van der Waals surface area contributed by atoms with E-state index in [0.29, 0.717) is 22.6 Å². The Balaban J connectivity index is 0.00000176. The van der Waals surface area contributed by atoms with Crippen molar-refractivity contribution in [2.45, 2.75) is 25.0 Å². The maximum atomic E-state index is 12.3. The average molecular weight is 346 g/mol. The van der Waals surface area contributed by atoms with E-state index in [2.05, 4.69) is 15.6 Å². The number of hydrogen-bond acceptors (Lipinski definition) is 4. The van der Waals surface area contributed by atoms with Gasteiger partial charge in [0, 0.05) is 13.3 Å². The van der Waals surface area contributed by atoms with Crippen molar-refractivity contribution >= 4 is 29.9 Å². The molecule has 22 heavy (non-hydrogen) atoms. The molecule has 5 nitrogen and oxygen atoms in total. The largest absolute Gasteiger partial charge is 0.379 e. The molecule has 1 amide bonds. The van der Waals surface area contributed by atoms with Crippen molar-refractivity contribution in [3.8, 4) is 0 Å². The molecule has 2 fully saturated rings. The van der Waals surface area contributed by atoms with E-state index in [9.17, 15) is 4.79 Å². The van der Waals surface area contributed by atoms with Crippen LogP contribution in [0.5, 0.6) is 0 Å². The van der Waals surface area contributed by atoms with Crippen molar-refractivity contribution in [1.82, 2.24) is 15.6 Å². The third-order valence-corrected chi connectivity index (χ3v) is 4.82. The van der Waals surface area contributed by atoms with E-state index in [1.54, 1.807) is 19.2 Å². The molecule has 2 N–H and O–H groups in total. The number of carbonyl (C=O) groups excluding carboxylic acids is 1. The quantitative estimate of drug-likeness (QED) is 0.878. The van der Waals surface area contributed by atoms with Gasteiger partial charge in [0.15, 0.2) is 0 Å². The van der Waals surface area contributed by atoms with Crippen molar-refractivity contribution in [2.75, 3.05) is 20.2 Å². The number of nitrogens with zero attached hydrogens (tertiary/aromatic N) is 1. The zero-order chi connectivity index (χ0) is 14.8. The van der Waals surface area contributed by atoms with Gasteiger partial charge in [-0.1, -0.05) is 11.6 Å². The zero-order valence-corrected chi connectivity index (χ0v) is 14.0. The standard InChI is InChI=1S/C15H20ClN3O2.ClH/c1-21-14-5-10-7-17-6-9(10)4-13(14)19-15(20)12-3-2-11(16)8-18-12;/h2-3,8-10,13-14,17H,4-7H2,1H3,(H,19,20);1H/t9-,10+,13-,14-;/m0./s1.